The van der Waals surface area contributed by atoms with Crippen molar-refractivity contribution in [3.63, 3.8) is 0 Å². The summed E-state index contributed by atoms with van der Waals surface area (Å²) in [6.45, 7) is 7.82. The van der Waals surface area contributed by atoms with Gasteiger partial charge in [-0.3, -0.25) is 4.90 Å². The van der Waals surface area contributed by atoms with Crippen molar-refractivity contribution >= 4 is 0 Å². The normalized spacial score (nSPS) is 22.0. The lowest BCUT2D eigenvalue weighted by atomic mass is 9.86. The Morgan fingerprint density at radius 2 is 2.00 bits per heavy atom. The fourth-order valence-corrected chi connectivity index (χ4v) is 3.44. The molecular formula is C17H28N2. The third-order valence-electron chi connectivity index (χ3n) is 4.52. The third-order valence-corrected chi connectivity index (χ3v) is 4.52. The fraction of sp³-hybridized carbons (Fsp3) is 0.647. The maximum absolute atomic E-state index is 5.71. The molecule has 1 aromatic rings. The largest absolute Gasteiger partial charge is 0.330 e. The summed E-state index contributed by atoms with van der Waals surface area (Å²) in [7, 11) is 0. The van der Waals surface area contributed by atoms with Gasteiger partial charge in [-0.15, -0.1) is 0 Å². The Bertz CT molecular complexity index is 372. The van der Waals surface area contributed by atoms with Crippen LogP contribution in [0.15, 0.2) is 30.3 Å². The molecule has 0 aliphatic heterocycles. The van der Waals surface area contributed by atoms with Crippen molar-refractivity contribution in [1.29, 1.82) is 0 Å². The number of hydrogen-bond donors (Lipinski definition) is 1. The van der Waals surface area contributed by atoms with Gasteiger partial charge >= 0.3 is 0 Å². The molecule has 1 unspecified atom stereocenters. The highest BCUT2D eigenvalue weighted by atomic mass is 15.2. The van der Waals surface area contributed by atoms with E-state index in [0.717, 1.165) is 26.1 Å². The highest BCUT2D eigenvalue weighted by molar-refractivity contribution is 5.15. The topological polar surface area (TPSA) is 29.3 Å². The smallest absolute Gasteiger partial charge is 0.0236 e. The molecule has 0 aromatic heterocycles. The van der Waals surface area contributed by atoms with E-state index in [2.05, 4.69) is 49.1 Å². The van der Waals surface area contributed by atoms with E-state index in [1.165, 1.54) is 24.8 Å². The highest BCUT2D eigenvalue weighted by Crippen LogP contribution is 2.41. The second-order valence-electron chi connectivity index (χ2n) is 6.49. The number of nitrogens with two attached hydrogens (primary N) is 1. The standard InChI is InChI=1S/C17H28N2/c1-17(2)11-6-10-16(17)19(13-7-12-18)14-15-8-4-3-5-9-15/h3-5,8-9,16H,6-7,10-14,18H2,1-2H3. The van der Waals surface area contributed by atoms with Crippen molar-refractivity contribution in [2.45, 2.75) is 52.1 Å². The van der Waals surface area contributed by atoms with Crippen LogP contribution in [-0.2, 0) is 6.54 Å². The number of benzene rings is 1. The van der Waals surface area contributed by atoms with Crippen LogP contribution in [0.4, 0.5) is 0 Å². The van der Waals surface area contributed by atoms with Gasteiger partial charge in [-0.05, 0) is 36.8 Å². The Labute approximate surface area is 118 Å². The summed E-state index contributed by atoms with van der Waals surface area (Å²) in [5.74, 6) is 0. The minimum absolute atomic E-state index is 0.448. The second-order valence-corrected chi connectivity index (χ2v) is 6.49. The van der Waals surface area contributed by atoms with E-state index in [1.807, 2.05) is 0 Å². The predicted molar refractivity (Wildman–Crippen MR) is 81.9 cm³/mol. The maximum atomic E-state index is 5.71. The summed E-state index contributed by atoms with van der Waals surface area (Å²) in [4.78, 5) is 2.66. The van der Waals surface area contributed by atoms with Crippen LogP contribution in [0.25, 0.3) is 0 Å². The number of nitrogens with zero attached hydrogens (tertiary/aromatic N) is 1. The molecule has 1 aliphatic carbocycles. The molecule has 1 aliphatic rings. The van der Waals surface area contributed by atoms with Crippen molar-refractivity contribution in [3.8, 4) is 0 Å². The molecule has 0 amide bonds. The van der Waals surface area contributed by atoms with Crippen LogP contribution in [0, 0.1) is 5.41 Å². The van der Waals surface area contributed by atoms with Gasteiger partial charge in [0, 0.05) is 19.1 Å². The molecule has 1 aromatic carbocycles. The average molecular weight is 260 g/mol. The Morgan fingerprint density at radius 3 is 2.58 bits per heavy atom. The van der Waals surface area contributed by atoms with Gasteiger partial charge in [0.25, 0.3) is 0 Å². The molecule has 0 saturated heterocycles. The van der Waals surface area contributed by atoms with Gasteiger partial charge < -0.3 is 5.73 Å². The van der Waals surface area contributed by atoms with E-state index in [1.54, 1.807) is 0 Å². The molecule has 19 heavy (non-hydrogen) atoms. The highest BCUT2D eigenvalue weighted by Gasteiger charge is 2.37. The molecule has 0 bridgehead atoms. The maximum Gasteiger partial charge on any atom is 0.0236 e. The summed E-state index contributed by atoms with van der Waals surface area (Å²) in [5.41, 5.74) is 7.58. The van der Waals surface area contributed by atoms with Gasteiger partial charge in [0.1, 0.15) is 0 Å². The molecule has 2 N–H and O–H groups in total. The summed E-state index contributed by atoms with van der Waals surface area (Å²) >= 11 is 0. The van der Waals surface area contributed by atoms with Crippen molar-refractivity contribution in [1.82, 2.24) is 4.90 Å². The molecule has 0 spiro atoms. The van der Waals surface area contributed by atoms with Gasteiger partial charge in [-0.1, -0.05) is 50.6 Å². The van der Waals surface area contributed by atoms with Crippen LogP contribution in [0.2, 0.25) is 0 Å². The zero-order valence-electron chi connectivity index (χ0n) is 12.4. The summed E-state index contributed by atoms with van der Waals surface area (Å²) in [6.07, 6.45) is 5.15. The summed E-state index contributed by atoms with van der Waals surface area (Å²) < 4.78 is 0. The van der Waals surface area contributed by atoms with E-state index < -0.39 is 0 Å². The molecule has 0 radical (unpaired) electrons. The number of hydrogen-bond acceptors (Lipinski definition) is 2. The van der Waals surface area contributed by atoms with Gasteiger partial charge in [-0.2, -0.15) is 0 Å². The molecule has 2 heteroatoms. The van der Waals surface area contributed by atoms with Gasteiger partial charge in [0.05, 0.1) is 0 Å². The lowest BCUT2D eigenvalue weighted by Crippen LogP contribution is -2.42. The lowest BCUT2D eigenvalue weighted by molar-refractivity contribution is 0.105. The lowest BCUT2D eigenvalue weighted by Gasteiger charge is -2.38. The zero-order valence-corrected chi connectivity index (χ0v) is 12.4. The monoisotopic (exact) mass is 260 g/mol. The van der Waals surface area contributed by atoms with Crippen molar-refractivity contribution in [2.75, 3.05) is 13.1 Å². The fourth-order valence-electron chi connectivity index (χ4n) is 3.44. The van der Waals surface area contributed by atoms with Crippen LogP contribution in [0.5, 0.6) is 0 Å². The van der Waals surface area contributed by atoms with Gasteiger partial charge in [0.15, 0.2) is 0 Å². The summed E-state index contributed by atoms with van der Waals surface area (Å²) in [6, 6.07) is 11.5. The zero-order chi connectivity index (χ0) is 13.7. The van der Waals surface area contributed by atoms with Crippen molar-refractivity contribution in [3.05, 3.63) is 35.9 Å². The van der Waals surface area contributed by atoms with E-state index in [4.69, 9.17) is 5.73 Å². The SMILES string of the molecule is CC1(C)CCCC1N(CCCN)Cc1ccccc1. The van der Waals surface area contributed by atoms with E-state index in [0.29, 0.717) is 11.5 Å². The Kier molecular flexibility index (Phi) is 5.00. The van der Waals surface area contributed by atoms with Crippen LogP contribution >= 0.6 is 0 Å². The molecule has 2 rings (SSSR count). The molecule has 0 heterocycles. The molecule has 1 fully saturated rings. The number of rotatable bonds is 6. The minimum Gasteiger partial charge on any atom is -0.330 e. The minimum atomic E-state index is 0.448. The molecule has 1 saturated carbocycles. The van der Waals surface area contributed by atoms with Gasteiger partial charge in [-0.25, -0.2) is 0 Å². The first-order chi connectivity index (χ1) is 9.13. The molecule has 1 atom stereocenters. The van der Waals surface area contributed by atoms with Crippen LogP contribution < -0.4 is 5.73 Å². The predicted octanol–water partition coefficient (Wildman–Crippen LogP) is 3.42. The first-order valence-corrected chi connectivity index (χ1v) is 7.61. The van der Waals surface area contributed by atoms with Crippen LogP contribution in [-0.4, -0.2) is 24.0 Å². The Balaban J connectivity index is 2.07. The summed E-state index contributed by atoms with van der Waals surface area (Å²) in [5, 5.41) is 0. The van der Waals surface area contributed by atoms with Crippen LogP contribution in [0.1, 0.15) is 45.1 Å². The van der Waals surface area contributed by atoms with Gasteiger partial charge in [0.2, 0.25) is 0 Å². The van der Waals surface area contributed by atoms with Crippen LogP contribution in [0.3, 0.4) is 0 Å². The van der Waals surface area contributed by atoms with E-state index in [-0.39, 0.29) is 0 Å². The van der Waals surface area contributed by atoms with Crippen molar-refractivity contribution in [2.24, 2.45) is 11.1 Å². The second kappa shape index (κ2) is 6.53. The Hall–Kier alpha value is -0.860. The first-order valence-electron chi connectivity index (χ1n) is 7.61. The van der Waals surface area contributed by atoms with Crippen molar-refractivity contribution < 1.29 is 0 Å². The molecule has 106 valence electrons. The first kappa shape index (κ1) is 14.5. The molecular weight excluding hydrogens is 232 g/mol. The Morgan fingerprint density at radius 1 is 1.26 bits per heavy atom. The third kappa shape index (κ3) is 3.80. The quantitative estimate of drug-likeness (QED) is 0.849. The average Bonchev–Trinajstić information content (AvgIpc) is 2.75. The molecule has 2 nitrogen and oxygen atoms in total. The van der Waals surface area contributed by atoms with E-state index in [9.17, 15) is 0 Å². The van der Waals surface area contributed by atoms with E-state index >= 15 is 0 Å².